The van der Waals surface area contributed by atoms with Gasteiger partial charge in [0.25, 0.3) is 5.91 Å². The van der Waals surface area contributed by atoms with Crippen LogP contribution >= 0.6 is 0 Å². The summed E-state index contributed by atoms with van der Waals surface area (Å²) in [7, 11) is 0. The predicted molar refractivity (Wildman–Crippen MR) is 89.4 cm³/mol. The van der Waals surface area contributed by atoms with Crippen molar-refractivity contribution in [2.24, 2.45) is 0 Å². The van der Waals surface area contributed by atoms with Gasteiger partial charge in [-0.05, 0) is 36.4 Å². The zero-order valence-electron chi connectivity index (χ0n) is 12.5. The Morgan fingerprint density at radius 3 is 2.26 bits per heavy atom. The second-order valence-corrected chi connectivity index (χ2v) is 4.96. The van der Waals surface area contributed by atoms with Crippen LogP contribution in [0.1, 0.15) is 16.1 Å². The van der Waals surface area contributed by atoms with E-state index >= 15 is 0 Å². The van der Waals surface area contributed by atoms with Crippen LogP contribution in [-0.4, -0.2) is 10.9 Å². The molecule has 0 aliphatic rings. The molecule has 0 unspecified atom stereocenters. The van der Waals surface area contributed by atoms with E-state index in [1.54, 1.807) is 18.3 Å². The first kappa shape index (κ1) is 14.8. The third-order valence-electron chi connectivity index (χ3n) is 3.25. The van der Waals surface area contributed by atoms with Crippen LogP contribution in [0, 0.1) is 0 Å². The van der Waals surface area contributed by atoms with Gasteiger partial charge in [-0.3, -0.25) is 9.78 Å². The van der Waals surface area contributed by atoms with Gasteiger partial charge in [-0.2, -0.15) is 0 Å². The molecule has 2 aromatic carbocycles. The fourth-order valence-electron chi connectivity index (χ4n) is 2.04. The molecule has 0 saturated carbocycles. The van der Waals surface area contributed by atoms with Crippen molar-refractivity contribution in [3.05, 3.63) is 90.3 Å². The summed E-state index contributed by atoms with van der Waals surface area (Å²) in [5.74, 6) is 0.611. The molecule has 0 fully saturated rings. The van der Waals surface area contributed by atoms with E-state index in [0.29, 0.717) is 12.2 Å². The molecule has 0 radical (unpaired) electrons. The van der Waals surface area contributed by atoms with Gasteiger partial charge in [0, 0.05) is 11.9 Å². The number of hydrogen-bond acceptors (Lipinski definition) is 3. The Labute approximate surface area is 134 Å². The molecule has 1 heterocycles. The SMILES string of the molecule is O=C(Nc1ccccc1)c1ccc(COc2ccccc2)nc1. The van der Waals surface area contributed by atoms with Crippen LogP contribution < -0.4 is 10.1 Å². The monoisotopic (exact) mass is 304 g/mol. The maximum absolute atomic E-state index is 12.1. The quantitative estimate of drug-likeness (QED) is 0.777. The average Bonchev–Trinajstić information content (AvgIpc) is 2.62. The summed E-state index contributed by atoms with van der Waals surface area (Å²) < 4.78 is 5.62. The number of hydrogen-bond donors (Lipinski definition) is 1. The number of amides is 1. The smallest absolute Gasteiger partial charge is 0.257 e. The summed E-state index contributed by atoms with van der Waals surface area (Å²) in [5.41, 5.74) is 2.04. The average molecular weight is 304 g/mol. The van der Waals surface area contributed by atoms with E-state index in [0.717, 1.165) is 17.1 Å². The van der Waals surface area contributed by atoms with E-state index in [1.165, 1.54) is 0 Å². The second-order valence-electron chi connectivity index (χ2n) is 4.96. The number of carbonyl (C=O) groups is 1. The lowest BCUT2D eigenvalue weighted by atomic mass is 10.2. The van der Waals surface area contributed by atoms with Crippen molar-refractivity contribution in [3.63, 3.8) is 0 Å². The van der Waals surface area contributed by atoms with Gasteiger partial charge in [0.1, 0.15) is 12.4 Å². The molecule has 3 rings (SSSR count). The minimum Gasteiger partial charge on any atom is -0.487 e. The lowest BCUT2D eigenvalue weighted by Crippen LogP contribution is -2.12. The lowest BCUT2D eigenvalue weighted by Gasteiger charge is -2.07. The first-order valence-corrected chi connectivity index (χ1v) is 7.30. The lowest BCUT2D eigenvalue weighted by molar-refractivity contribution is 0.102. The Bertz CT molecular complexity index is 756. The van der Waals surface area contributed by atoms with Gasteiger partial charge in [0.2, 0.25) is 0 Å². The van der Waals surface area contributed by atoms with E-state index in [1.807, 2.05) is 60.7 Å². The van der Waals surface area contributed by atoms with Gasteiger partial charge in [0.05, 0.1) is 11.3 Å². The van der Waals surface area contributed by atoms with Crippen LogP contribution in [0.4, 0.5) is 5.69 Å². The summed E-state index contributed by atoms with van der Waals surface area (Å²) in [6.07, 6.45) is 1.56. The Morgan fingerprint density at radius 1 is 0.913 bits per heavy atom. The number of benzene rings is 2. The first-order chi connectivity index (χ1) is 11.3. The van der Waals surface area contributed by atoms with Crippen LogP contribution in [0.25, 0.3) is 0 Å². The van der Waals surface area contributed by atoms with Crippen LogP contribution in [0.2, 0.25) is 0 Å². The number of ether oxygens (including phenoxy) is 1. The molecule has 23 heavy (non-hydrogen) atoms. The summed E-state index contributed by atoms with van der Waals surface area (Å²) in [6, 6.07) is 22.4. The molecular formula is C19H16N2O2. The van der Waals surface area contributed by atoms with Crippen molar-refractivity contribution in [2.75, 3.05) is 5.32 Å². The highest BCUT2D eigenvalue weighted by Crippen LogP contribution is 2.12. The summed E-state index contributed by atoms with van der Waals surface area (Å²) in [4.78, 5) is 16.4. The van der Waals surface area contributed by atoms with Crippen LogP contribution in [-0.2, 0) is 6.61 Å². The van der Waals surface area contributed by atoms with Gasteiger partial charge in [0.15, 0.2) is 0 Å². The zero-order chi connectivity index (χ0) is 15.9. The number of carbonyl (C=O) groups excluding carboxylic acids is 1. The molecule has 114 valence electrons. The number of para-hydroxylation sites is 2. The highest BCUT2D eigenvalue weighted by atomic mass is 16.5. The molecule has 0 saturated heterocycles. The number of pyridine rings is 1. The van der Waals surface area contributed by atoms with Gasteiger partial charge in [-0.25, -0.2) is 0 Å². The Morgan fingerprint density at radius 2 is 1.61 bits per heavy atom. The largest absolute Gasteiger partial charge is 0.487 e. The second kappa shape index (κ2) is 7.22. The van der Waals surface area contributed by atoms with Crippen molar-refractivity contribution in [3.8, 4) is 5.75 Å². The van der Waals surface area contributed by atoms with Crippen molar-refractivity contribution >= 4 is 11.6 Å². The Kier molecular flexibility index (Phi) is 4.64. The zero-order valence-corrected chi connectivity index (χ0v) is 12.5. The molecule has 0 atom stereocenters. The van der Waals surface area contributed by atoms with Crippen LogP contribution in [0.15, 0.2) is 79.0 Å². The molecule has 0 aliphatic heterocycles. The predicted octanol–water partition coefficient (Wildman–Crippen LogP) is 3.91. The molecule has 1 amide bonds. The fourth-order valence-corrected chi connectivity index (χ4v) is 2.04. The number of rotatable bonds is 5. The highest BCUT2D eigenvalue weighted by molar-refractivity contribution is 6.04. The van der Waals surface area contributed by atoms with E-state index in [4.69, 9.17) is 4.74 Å². The third kappa shape index (κ3) is 4.17. The molecule has 0 aliphatic carbocycles. The van der Waals surface area contributed by atoms with Crippen molar-refractivity contribution in [2.45, 2.75) is 6.61 Å². The van der Waals surface area contributed by atoms with Crippen LogP contribution in [0.5, 0.6) is 5.75 Å². The highest BCUT2D eigenvalue weighted by Gasteiger charge is 2.06. The fraction of sp³-hybridized carbons (Fsp3) is 0.0526. The third-order valence-corrected chi connectivity index (χ3v) is 3.25. The molecule has 4 heteroatoms. The van der Waals surface area contributed by atoms with Crippen molar-refractivity contribution < 1.29 is 9.53 Å². The molecule has 1 aromatic heterocycles. The van der Waals surface area contributed by atoms with Crippen molar-refractivity contribution in [1.29, 1.82) is 0 Å². The standard InChI is InChI=1S/C19H16N2O2/c22-19(21-16-7-3-1-4-8-16)15-11-12-17(20-13-15)14-23-18-9-5-2-6-10-18/h1-13H,14H2,(H,21,22). The number of anilines is 1. The first-order valence-electron chi connectivity index (χ1n) is 7.30. The van der Waals surface area contributed by atoms with Gasteiger partial charge >= 0.3 is 0 Å². The van der Waals surface area contributed by atoms with Gasteiger partial charge < -0.3 is 10.1 Å². The van der Waals surface area contributed by atoms with E-state index < -0.39 is 0 Å². The molecule has 1 N–H and O–H groups in total. The maximum Gasteiger partial charge on any atom is 0.257 e. The Balaban J connectivity index is 1.59. The minimum absolute atomic E-state index is 0.181. The summed E-state index contributed by atoms with van der Waals surface area (Å²) in [6.45, 7) is 0.366. The molecule has 0 spiro atoms. The van der Waals surface area contributed by atoms with E-state index in [-0.39, 0.29) is 5.91 Å². The summed E-state index contributed by atoms with van der Waals surface area (Å²) in [5, 5.41) is 2.83. The molecular weight excluding hydrogens is 288 g/mol. The summed E-state index contributed by atoms with van der Waals surface area (Å²) >= 11 is 0. The van der Waals surface area contributed by atoms with Crippen LogP contribution in [0.3, 0.4) is 0 Å². The molecule has 3 aromatic rings. The number of nitrogens with one attached hydrogen (secondary N) is 1. The van der Waals surface area contributed by atoms with Crippen molar-refractivity contribution in [1.82, 2.24) is 4.98 Å². The van der Waals surface area contributed by atoms with Gasteiger partial charge in [-0.15, -0.1) is 0 Å². The van der Waals surface area contributed by atoms with Gasteiger partial charge in [-0.1, -0.05) is 36.4 Å². The van der Waals surface area contributed by atoms with E-state index in [2.05, 4.69) is 10.3 Å². The number of aromatic nitrogens is 1. The maximum atomic E-state index is 12.1. The minimum atomic E-state index is -0.181. The molecule has 0 bridgehead atoms. The number of nitrogens with zero attached hydrogens (tertiary/aromatic N) is 1. The topological polar surface area (TPSA) is 51.2 Å². The normalized spacial score (nSPS) is 10.1. The Hall–Kier alpha value is -3.14. The molecule has 4 nitrogen and oxygen atoms in total. The van der Waals surface area contributed by atoms with E-state index in [9.17, 15) is 4.79 Å².